The monoisotopic (exact) mass is 373 g/mol. The number of aromatic nitrogens is 2. The Labute approximate surface area is 153 Å². The number of anilines is 2. The van der Waals surface area contributed by atoms with E-state index in [0.29, 0.717) is 20.7 Å². The van der Waals surface area contributed by atoms with Crippen molar-refractivity contribution in [2.45, 2.75) is 23.4 Å². The lowest BCUT2D eigenvalue weighted by Gasteiger charge is -2.08. The number of Topliss-reactive ketones (excluding diaryl/α,β-unsaturated/α-hetero) is 1. The standard InChI is InChI=1S/C18H16FN3OS2/c1-11-7-9-13(10-8-11)16(23)12(2)24-18-22-21-17(25-18)20-15-6-4-3-5-14(15)19/h3-10,12H,1-2H3,(H,20,21). The number of ketones is 1. The molecule has 1 aromatic heterocycles. The van der Waals surface area contributed by atoms with Gasteiger partial charge < -0.3 is 5.32 Å². The Balaban J connectivity index is 1.65. The van der Waals surface area contributed by atoms with Gasteiger partial charge in [-0.25, -0.2) is 4.39 Å². The van der Waals surface area contributed by atoms with Crippen molar-refractivity contribution in [1.29, 1.82) is 0 Å². The average molecular weight is 373 g/mol. The van der Waals surface area contributed by atoms with Crippen LogP contribution in [-0.2, 0) is 0 Å². The lowest BCUT2D eigenvalue weighted by molar-refractivity contribution is 0.0994. The van der Waals surface area contributed by atoms with Gasteiger partial charge in [0, 0.05) is 5.56 Å². The molecule has 1 unspecified atom stereocenters. The number of carbonyl (C=O) groups is 1. The summed E-state index contributed by atoms with van der Waals surface area (Å²) in [6.45, 7) is 3.83. The van der Waals surface area contributed by atoms with Gasteiger partial charge >= 0.3 is 0 Å². The number of hydrogen-bond acceptors (Lipinski definition) is 6. The van der Waals surface area contributed by atoms with Crippen molar-refractivity contribution in [3.8, 4) is 0 Å². The molecule has 0 bridgehead atoms. The zero-order chi connectivity index (χ0) is 17.8. The maximum atomic E-state index is 13.7. The SMILES string of the molecule is Cc1ccc(C(=O)C(C)Sc2nnc(Nc3ccccc3F)s2)cc1. The minimum absolute atomic E-state index is 0.0452. The summed E-state index contributed by atoms with van der Waals surface area (Å²) < 4.78 is 14.3. The number of nitrogens with one attached hydrogen (secondary N) is 1. The molecule has 0 spiro atoms. The Morgan fingerprint density at radius 3 is 2.60 bits per heavy atom. The predicted octanol–water partition coefficient (Wildman–Crippen LogP) is 5.09. The fourth-order valence-electron chi connectivity index (χ4n) is 2.14. The van der Waals surface area contributed by atoms with E-state index in [2.05, 4.69) is 15.5 Å². The summed E-state index contributed by atoms with van der Waals surface area (Å²) in [4.78, 5) is 12.5. The highest BCUT2D eigenvalue weighted by Gasteiger charge is 2.19. The number of nitrogens with zero attached hydrogens (tertiary/aromatic N) is 2. The van der Waals surface area contributed by atoms with Crippen LogP contribution in [0.3, 0.4) is 0 Å². The molecule has 0 amide bonds. The Kier molecular flexibility index (Phi) is 5.45. The highest BCUT2D eigenvalue weighted by Crippen LogP contribution is 2.32. The zero-order valence-electron chi connectivity index (χ0n) is 13.7. The molecule has 0 aliphatic rings. The van der Waals surface area contributed by atoms with Crippen LogP contribution < -0.4 is 5.32 Å². The highest BCUT2D eigenvalue weighted by atomic mass is 32.2. The van der Waals surface area contributed by atoms with E-state index in [4.69, 9.17) is 0 Å². The molecule has 0 fully saturated rings. The van der Waals surface area contributed by atoms with E-state index in [1.165, 1.54) is 29.2 Å². The maximum Gasteiger partial charge on any atom is 0.210 e. The lowest BCUT2D eigenvalue weighted by atomic mass is 10.1. The topological polar surface area (TPSA) is 54.9 Å². The van der Waals surface area contributed by atoms with Crippen molar-refractivity contribution < 1.29 is 9.18 Å². The number of carbonyl (C=O) groups excluding carboxylic acids is 1. The Morgan fingerprint density at radius 1 is 1.16 bits per heavy atom. The van der Waals surface area contributed by atoms with Gasteiger partial charge in [0.15, 0.2) is 10.1 Å². The van der Waals surface area contributed by atoms with E-state index in [0.717, 1.165) is 5.56 Å². The Morgan fingerprint density at radius 2 is 1.88 bits per heavy atom. The third kappa shape index (κ3) is 4.43. The molecule has 3 aromatic rings. The number of aryl methyl sites for hydroxylation is 1. The van der Waals surface area contributed by atoms with Gasteiger partial charge in [0.25, 0.3) is 0 Å². The number of thioether (sulfide) groups is 1. The van der Waals surface area contributed by atoms with Crippen molar-refractivity contribution in [1.82, 2.24) is 10.2 Å². The van der Waals surface area contributed by atoms with Crippen molar-refractivity contribution in [3.05, 3.63) is 65.5 Å². The van der Waals surface area contributed by atoms with Gasteiger partial charge in [-0.15, -0.1) is 10.2 Å². The molecule has 0 saturated carbocycles. The summed E-state index contributed by atoms with van der Waals surface area (Å²) in [6.07, 6.45) is 0. The van der Waals surface area contributed by atoms with E-state index in [-0.39, 0.29) is 16.9 Å². The summed E-state index contributed by atoms with van der Waals surface area (Å²) >= 11 is 2.64. The van der Waals surface area contributed by atoms with Crippen LogP contribution in [0.1, 0.15) is 22.8 Å². The largest absolute Gasteiger partial charge is 0.328 e. The van der Waals surface area contributed by atoms with E-state index >= 15 is 0 Å². The smallest absolute Gasteiger partial charge is 0.210 e. The first-order chi connectivity index (χ1) is 12.0. The number of benzene rings is 2. The number of para-hydroxylation sites is 1. The Hall–Kier alpha value is -2.25. The predicted molar refractivity (Wildman–Crippen MR) is 100 cm³/mol. The van der Waals surface area contributed by atoms with Crippen molar-refractivity contribution in [2.24, 2.45) is 0 Å². The molecule has 7 heteroatoms. The van der Waals surface area contributed by atoms with Gasteiger partial charge in [0.2, 0.25) is 5.13 Å². The summed E-state index contributed by atoms with van der Waals surface area (Å²) in [5.74, 6) is -0.307. The minimum Gasteiger partial charge on any atom is -0.328 e. The van der Waals surface area contributed by atoms with Gasteiger partial charge in [-0.2, -0.15) is 0 Å². The molecule has 0 saturated heterocycles. The van der Waals surface area contributed by atoms with Gasteiger partial charge in [0.1, 0.15) is 5.82 Å². The molecular formula is C18H16FN3OS2. The Bertz CT molecular complexity index is 880. The lowest BCUT2D eigenvalue weighted by Crippen LogP contribution is -2.13. The first kappa shape index (κ1) is 17.6. The molecule has 25 heavy (non-hydrogen) atoms. The molecule has 4 nitrogen and oxygen atoms in total. The second kappa shape index (κ2) is 7.76. The van der Waals surface area contributed by atoms with E-state index in [9.17, 15) is 9.18 Å². The summed E-state index contributed by atoms with van der Waals surface area (Å²) in [5.41, 5.74) is 2.14. The van der Waals surface area contributed by atoms with Crippen LogP contribution >= 0.6 is 23.1 Å². The molecule has 0 radical (unpaired) electrons. The average Bonchev–Trinajstić information content (AvgIpc) is 3.04. The van der Waals surface area contributed by atoms with Crippen LogP contribution in [0.4, 0.5) is 15.2 Å². The molecule has 2 aromatic carbocycles. The molecule has 0 aliphatic carbocycles. The molecule has 1 heterocycles. The summed E-state index contributed by atoms with van der Waals surface area (Å²) in [7, 11) is 0. The third-order valence-corrected chi connectivity index (χ3v) is 5.53. The fraction of sp³-hybridized carbons (Fsp3) is 0.167. The van der Waals surface area contributed by atoms with Crippen molar-refractivity contribution in [3.63, 3.8) is 0 Å². The molecular weight excluding hydrogens is 357 g/mol. The number of rotatable bonds is 6. The second-order valence-corrected chi connectivity index (χ2v) is 8.03. The van der Waals surface area contributed by atoms with Gasteiger partial charge in [-0.1, -0.05) is 65.1 Å². The van der Waals surface area contributed by atoms with Crippen LogP contribution in [0, 0.1) is 12.7 Å². The quantitative estimate of drug-likeness (QED) is 0.482. The molecule has 128 valence electrons. The molecule has 1 N–H and O–H groups in total. The van der Waals surface area contributed by atoms with E-state index in [1.807, 2.05) is 38.1 Å². The maximum absolute atomic E-state index is 13.7. The van der Waals surface area contributed by atoms with Gasteiger partial charge in [0.05, 0.1) is 10.9 Å². The zero-order valence-corrected chi connectivity index (χ0v) is 15.3. The van der Waals surface area contributed by atoms with Crippen LogP contribution in [0.5, 0.6) is 0 Å². The first-order valence-electron chi connectivity index (χ1n) is 7.65. The van der Waals surface area contributed by atoms with E-state index < -0.39 is 0 Å². The highest BCUT2D eigenvalue weighted by molar-refractivity contribution is 8.02. The van der Waals surface area contributed by atoms with Crippen LogP contribution in [0.15, 0.2) is 52.9 Å². The van der Waals surface area contributed by atoms with Crippen LogP contribution in [-0.4, -0.2) is 21.2 Å². The summed E-state index contributed by atoms with van der Waals surface area (Å²) in [5, 5.41) is 11.2. The minimum atomic E-state index is -0.352. The summed E-state index contributed by atoms with van der Waals surface area (Å²) in [6, 6.07) is 13.9. The second-order valence-electron chi connectivity index (χ2n) is 5.47. The van der Waals surface area contributed by atoms with Crippen molar-refractivity contribution >= 4 is 39.7 Å². The van der Waals surface area contributed by atoms with E-state index in [1.54, 1.807) is 18.2 Å². The molecule has 1 atom stereocenters. The molecule has 0 aliphatic heterocycles. The van der Waals surface area contributed by atoms with Crippen LogP contribution in [0.25, 0.3) is 0 Å². The first-order valence-corrected chi connectivity index (χ1v) is 9.35. The normalized spacial score (nSPS) is 12.0. The van der Waals surface area contributed by atoms with Gasteiger partial charge in [-0.3, -0.25) is 4.79 Å². The molecule has 3 rings (SSSR count). The van der Waals surface area contributed by atoms with Crippen LogP contribution in [0.2, 0.25) is 0 Å². The fourth-order valence-corrected chi connectivity index (χ4v) is 4.13. The third-order valence-electron chi connectivity index (χ3n) is 3.50. The number of halogens is 1. The van der Waals surface area contributed by atoms with Gasteiger partial charge in [-0.05, 0) is 26.0 Å². The van der Waals surface area contributed by atoms with Crippen molar-refractivity contribution in [2.75, 3.05) is 5.32 Å². The number of hydrogen-bond donors (Lipinski definition) is 1.